The van der Waals surface area contributed by atoms with E-state index in [9.17, 15) is 13.2 Å². The van der Waals surface area contributed by atoms with Crippen molar-refractivity contribution in [1.82, 2.24) is 9.97 Å². The second-order valence-corrected chi connectivity index (χ2v) is 10.2. The third kappa shape index (κ3) is 4.91. The van der Waals surface area contributed by atoms with E-state index in [0.29, 0.717) is 41.5 Å². The van der Waals surface area contributed by atoms with Gasteiger partial charge in [-0.1, -0.05) is 6.07 Å². The molecule has 2 aliphatic heterocycles. The molecule has 0 atom stereocenters. The monoisotopic (exact) mass is 500 g/mol. The summed E-state index contributed by atoms with van der Waals surface area (Å²) in [6, 6.07) is 8.19. The number of hydrogen-bond acceptors (Lipinski definition) is 6. The fraction of sp³-hybridized carbons (Fsp3) is 0.385. The second kappa shape index (κ2) is 9.97. The van der Waals surface area contributed by atoms with Crippen molar-refractivity contribution >= 4 is 23.1 Å². The Hall–Kier alpha value is -2.94. The van der Waals surface area contributed by atoms with Gasteiger partial charge in [-0.25, -0.2) is 23.1 Å². The maximum Gasteiger partial charge on any atom is 0.178 e. The molecule has 0 spiro atoms. The predicted molar refractivity (Wildman–Crippen MR) is 134 cm³/mol. The number of hydrogen-bond donors (Lipinski definition) is 0. The van der Waals surface area contributed by atoms with Crippen LogP contribution in [0.15, 0.2) is 36.5 Å². The number of fused-ring (bicyclic) bond motifs is 1. The van der Waals surface area contributed by atoms with Gasteiger partial charge in [-0.2, -0.15) is 11.8 Å². The van der Waals surface area contributed by atoms with Gasteiger partial charge in [-0.05, 0) is 43.7 Å². The molecule has 2 aromatic carbocycles. The third-order valence-corrected chi connectivity index (χ3v) is 7.27. The lowest BCUT2D eigenvalue weighted by Gasteiger charge is -2.34. The number of halogens is 3. The maximum absolute atomic E-state index is 14.9. The Kier molecular flexibility index (Phi) is 6.77. The molecule has 0 saturated carbocycles. The molecular formula is C26H27F3N4OS. The molecular weight excluding hydrogens is 473 g/mol. The number of rotatable bonds is 5. The number of ether oxygens (including phenoxy) is 1. The summed E-state index contributed by atoms with van der Waals surface area (Å²) in [4.78, 5) is 12.6. The SMILES string of the molecule is CC(C)N1CCOc2c(F)cc(-c3nc(Cc4ccc(N5CCSCC5)c(F)c4)ncc3F)cc21. The van der Waals surface area contributed by atoms with Gasteiger partial charge < -0.3 is 14.5 Å². The van der Waals surface area contributed by atoms with E-state index < -0.39 is 11.6 Å². The maximum atomic E-state index is 14.9. The van der Waals surface area contributed by atoms with Crippen molar-refractivity contribution in [3.63, 3.8) is 0 Å². The van der Waals surface area contributed by atoms with Gasteiger partial charge in [0.25, 0.3) is 0 Å². The van der Waals surface area contributed by atoms with Crippen LogP contribution in [0.1, 0.15) is 25.2 Å². The van der Waals surface area contributed by atoms with Crippen molar-refractivity contribution in [3.8, 4) is 17.0 Å². The van der Waals surface area contributed by atoms with Crippen LogP contribution in [-0.2, 0) is 6.42 Å². The first-order valence-electron chi connectivity index (χ1n) is 11.8. The highest BCUT2D eigenvalue weighted by molar-refractivity contribution is 7.99. The molecule has 1 aromatic heterocycles. The van der Waals surface area contributed by atoms with E-state index in [4.69, 9.17) is 4.74 Å². The molecule has 9 heteroatoms. The number of benzene rings is 2. The molecule has 0 aliphatic carbocycles. The van der Waals surface area contributed by atoms with Gasteiger partial charge in [-0.15, -0.1) is 0 Å². The molecule has 0 bridgehead atoms. The van der Waals surface area contributed by atoms with Gasteiger partial charge in [0.05, 0.1) is 24.1 Å². The van der Waals surface area contributed by atoms with Crippen molar-refractivity contribution < 1.29 is 17.9 Å². The van der Waals surface area contributed by atoms with Gasteiger partial charge >= 0.3 is 0 Å². The average molecular weight is 501 g/mol. The molecule has 5 nitrogen and oxygen atoms in total. The normalized spacial score (nSPS) is 15.8. The fourth-order valence-electron chi connectivity index (χ4n) is 4.57. The van der Waals surface area contributed by atoms with E-state index >= 15 is 0 Å². The number of anilines is 2. The zero-order chi connectivity index (χ0) is 24.5. The lowest BCUT2D eigenvalue weighted by atomic mass is 10.1. The van der Waals surface area contributed by atoms with Crippen LogP contribution in [0.4, 0.5) is 24.5 Å². The molecule has 0 radical (unpaired) electrons. The topological polar surface area (TPSA) is 41.5 Å². The zero-order valence-electron chi connectivity index (χ0n) is 19.7. The lowest BCUT2D eigenvalue weighted by molar-refractivity contribution is 0.287. The first-order chi connectivity index (χ1) is 16.9. The Morgan fingerprint density at radius 1 is 0.971 bits per heavy atom. The van der Waals surface area contributed by atoms with Gasteiger partial charge in [-0.3, -0.25) is 0 Å². The van der Waals surface area contributed by atoms with Crippen LogP contribution in [0.2, 0.25) is 0 Å². The van der Waals surface area contributed by atoms with Crippen LogP contribution in [-0.4, -0.2) is 53.8 Å². The van der Waals surface area contributed by atoms with Crippen molar-refractivity contribution in [2.45, 2.75) is 26.3 Å². The van der Waals surface area contributed by atoms with Crippen LogP contribution in [0.3, 0.4) is 0 Å². The summed E-state index contributed by atoms with van der Waals surface area (Å²) in [5.41, 5.74) is 2.17. The number of aromatic nitrogens is 2. The quantitative estimate of drug-likeness (QED) is 0.473. The van der Waals surface area contributed by atoms with E-state index in [-0.39, 0.29) is 29.7 Å². The minimum Gasteiger partial charge on any atom is -0.486 e. The predicted octanol–water partition coefficient (Wildman–Crippen LogP) is 5.31. The summed E-state index contributed by atoms with van der Waals surface area (Å²) in [6.45, 7) is 6.67. The number of nitrogens with zero attached hydrogens (tertiary/aromatic N) is 4. The van der Waals surface area contributed by atoms with Crippen LogP contribution >= 0.6 is 11.8 Å². The van der Waals surface area contributed by atoms with Crippen LogP contribution in [0, 0.1) is 17.5 Å². The molecule has 3 aromatic rings. The molecule has 184 valence electrons. The Bertz CT molecular complexity index is 1230. The van der Waals surface area contributed by atoms with Crippen molar-refractivity contribution in [2.24, 2.45) is 0 Å². The van der Waals surface area contributed by atoms with Gasteiger partial charge in [0.2, 0.25) is 0 Å². The summed E-state index contributed by atoms with van der Waals surface area (Å²) in [5, 5.41) is 0. The Labute approximate surface area is 207 Å². The van der Waals surface area contributed by atoms with Gasteiger partial charge in [0, 0.05) is 42.6 Å². The molecule has 1 fully saturated rings. The Morgan fingerprint density at radius 2 is 1.77 bits per heavy atom. The van der Waals surface area contributed by atoms with E-state index in [1.807, 2.05) is 36.6 Å². The van der Waals surface area contributed by atoms with E-state index in [0.717, 1.165) is 30.8 Å². The molecule has 0 amide bonds. The van der Waals surface area contributed by atoms with Crippen molar-refractivity contribution in [3.05, 3.63) is 65.4 Å². The fourth-order valence-corrected chi connectivity index (χ4v) is 5.47. The summed E-state index contributed by atoms with van der Waals surface area (Å²) < 4.78 is 50.1. The molecule has 3 heterocycles. The largest absolute Gasteiger partial charge is 0.486 e. The highest BCUT2D eigenvalue weighted by Crippen LogP contribution is 2.39. The second-order valence-electron chi connectivity index (χ2n) is 8.99. The van der Waals surface area contributed by atoms with Crippen LogP contribution in [0.5, 0.6) is 5.75 Å². The molecule has 35 heavy (non-hydrogen) atoms. The first-order valence-corrected chi connectivity index (χ1v) is 12.9. The molecule has 0 unspecified atom stereocenters. The van der Waals surface area contributed by atoms with Gasteiger partial charge in [0.1, 0.15) is 23.9 Å². The summed E-state index contributed by atoms with van der Waals surface area (Å²) >= 11 is 1.87. The van der Waals surface area contributed by atoms with E-state index in [1.54, 1.807) is 12.1 Å². The molecule has 0 N–H and O–H groups in total. The van der Waals surface area contributed by atoms with E-state index in [1.165, 1.54) is 12.1 Å². The number of thioether (sulfide) groups is 1. The highest BCUT2D eigenvalue weighted by atomic mass is 32.2. The lowest BCUT2D eigenvalue weighted by Crippen LogP contribution is -2.38. The summed E-state index contributed by atoms with van der Waals surface area (Å²) in [6.07, 6.45) is 1.32. The standard InChI is InChI=1S/C26H27F3N4OS/c1-16(2)33-5-8-34-26-20(28)13-18(14-23(26)33)25-21(29)15-30-24(31-25)12-17-3-4-22(19(27)11-17)32-6-9-35-10-7-32/h3-4,11,13-16H,5-10,12H2,1-2H3. The minimum atomic E-state index is -0.648. The summed E-state index contributed by atoms with van der Waals surface area (Å²) in [5.74, 6) is 0.975. The smallest absolute Gasteiger partial charge is 0.178 e. The summed E-state index contributed by atoms with van der Waals surface area (Å²) in [7, 11) is 0. The van der Waals surface area contributed by atoms with Crippen LogP contribution < -0.4 is 14.5 Å². The van der Waals surface area contributed by atoms with E-state index in [2.05, 4.69) is 14.9 Å². The highest BCUT2D eigenvalue weighted by Gasteiger charge is 2.26. The Balaban J connectivity index is 1.43. The average Bonchev–Trinajstić information content (AvgIpc) is 2.85. The van der Waals surface area contributed by atoms with Crippen LogP contribution in [0.25, 0.3) is 11.3 Å². The Morgan fingerprint density at radius 3 is 2.51 bits per heavy atom. The molecule has 2 aliphatic rings. The first kappa shape index (κ1) is 23.8. The molecule has 1 saturated heterocycles. The minimum absolute atomic E-state index is 0.00823. The van der Waals surface area contributed by atoms with Gasteiger partial charge in [0.15, 0.2) is 17.4 Å². The van der Waals surface area contributed by atoms with Crippen molar-refractivity contribution in [2.75, 3.05) is 47.5 Å². The third-order valence-electron chi connectivity index (χ3n) is 6.33. The zero-order valence-corrected chi connectivity index (χ0v) is 20.5. The van der Waals surface area contributed by atoms with Crippen molar-refractivity contribution in [1.29, 1.82) is 0 Å². The molecule has 5 rings (SSSR count).